The van der Waals surface area contributed by atoms with Gasteiger partial charge in [0.1, 0.15) is 23.4 Å². The zero-order chi connectivity index (χ0) is 42.4. The number of carbonyl (C=O) groups excluding carboxylic acids is 4. The standard InChI is InChI=1S/C19H32O2.C16H26O4.C13H18O4.9CH4/c1-6-17(2,3)16(20)21-18(4,5)19-10-13-7-14(11-19)9-15(8-13)12-19;1-4-13(2,3)12(17)20-16-7-11-5-14(18,9-16)8-15(19,6-11)10-16;1-3-6(2)12(14)16-10-7-4-8-9(5-7)13(15)17-11(8)10;;;;;;;;;/h13-15H,6-12H2,1-5H3;11,18-19H,4-10H2,1-3H3;6-11H,3-5H2,1-2H3;9*1H4. The van der Waals surface area contributed by atoms with Crippen molar-refractivity contribution in [2.75, 3.05) is 0 Å². The quantitative estimate of drug-likeness (QED) is 0.160. The van der Waals surface area contributed by atoms with Gasteiger partial charge in [-0.2, -0.15) is 0 Å². The van der Waals surface area contributed by atoms with Gasteiger partial charge in [0, 0.05) is 36.5 Å². The van der Waals surface area contributed by atoms with Crippen molar-refractivity contribution >= 4 is 23.9 Å². The van der Waals surface area contributed by atoms with E-state index in [4.69, 9.17) is 18.9 Å². The van der Waals surface area contributed by atoms with Crippen LogP contribution in [-0.2, 0) is 38.1 Å². The summed E-state index contributed by atoms with van der Waals surface area (Å²) in [7, 11) is 0. The van der Waals surface area contributed by atoms with Crippen LogP contribution in [0.2, 0.25) is 0 Å². The Labute approximate surface area is 414 Å². The monoisotopic (exact) mass is 957 g/mol. The van der Waals surface area contributed by atoms with E-state index >= 15 is 0 Å². The van der Waals surface area contributed by atoms with Crippen LogP contribution in [-0.4, -0.2) is 68.7 Å². The fourth-order valence-electron chi connectivity index (χ4n) is 13.8. The molecule has 8 unspecified atom stereocenters. The molecule has 10 heteroatoms. The topological polar surface area (TPSA) is 146 Å². The number of hydrogen-bond donors (Lipinski definition) is 2. The Balaban J connectivity index is -0.000000863. The molecule has 11 aliphatic rings. The number of carbonyl (C=O) groups is 4. The summed E-state index contributed by atoms with van der Waals surface area (Å²) in [5.74, 6) is 3.20. The van der Waals surface area contributed by atoms with E-state index in [-0.39, 0.29) is 137 Å². The zero-order valence-corrected chi connectivity index (χ0v) is 37.5. The van der Waals surface area contributed by atoms with Crippen LogP contribution >= 0.6 is 0 Å². The molecule has 1 heterocycles. The van der Waals surface area contributed by atoms with Gasteiger partial charge >= 0.3 is 23.9 Å². The normalized spacial score (nSPS) is 37.1. The van der Waals surface area contributed by atoms with Crippen LogP contribution in [0.15, 0.2) is 0 Å². The minimum Gasteiger partial charge on any atom is -0.459 e. The molecule has 11 rings (SSSR count). The number of ether oxygens (including phenoxy) is 4. The summed E-state index contributed by atoms with van der Waals surface area (Å²) >= 11 is 0. The van der Waals surface area contributed by atoms with Crippen LogP contribution in [0.4, 0.5) is 0 Å². The molecule has 2 N–H and O–H groups in total. The molecule has 0 spiro atoms. The molecule has 10 nitrogen and oxygen atoms in total. The van der Waals surface area contributed by atoms with Crippen molar-refractivity contribution in [2.24, 2.45) is 63.6 Å². The van der Waals surface area contributed by atoms with Gasteiger partial charge in [-0.05, 0) is 155 Å². The molecule has 0 amide bonds. The van der Waals surface area contributed by atoms with E-state index in [9.17, 15) is 29.4 Å². The van der Waals surface area contributed by atoms with Gasteiger partial charge in [0.05, 0.1) is 33.9 Å². The van der Waals surface area contributed by atoms with Crippen molar-refractivity contribution in [2.45, 2.75) is 280 Å². The molecule has 400 valence electrons. The summed E-state index contributed by atoms with van der Waals surface area (Å²) in [5.41, 5.74) is -3.26. The fraction of sp³-hybridized carbons (Fsp3) is 0.930. The molecule has 1 aliphatic heterocycles. The molecule has 1 saturated heterocycles. The highest BCUT2D eigenvalue weighted by atomic mass is 16.6. The first kappa shape index (κ1) is 69.1. The second kappa shape index (κ2) is 23.8. The molecule has 0 aromatic heterocycles. The number of aliphatic hydroxyl groups is 2. The molecule has 10 saturated carbocycles. The van der Waals surface area contributed by atoms with Gasteiger partial charge in [-0.25, -0.2) is 0 Å². The Morgan fingerprint density at radius 2 is 1.12 bits per heavy atom. The first-order valence-electron chi connectivity index (χ1n) is 23.2. The van der Waals surface area contributed by atoms with Crippen LogP contribution in [0.3, 0.4) is 0 Å². The summed E-state index contributed by atoms with van der Waals surface area (Å²) in [6.45, 7) is 20.0. The Morgan fingerprint density at radius 1 is 0.657 bits per heavy atom. The molecular formula is C57H112O10. The third-order valence-corrected chi connectivity index (χ3v) is 17.5. The van der Waals surface area contributed by atoms with Crippen LogP contribution in [0.5, 0.6) is 0 Å². The predicted octanol–water partition coefficient (Wildman–Crippen LogP) is 14.4. The van der Waals surface area contributed by atoms with Gasteiger partial charge in [0.25, 0.3) is 0 Å². The van der Waals surface area contributed by atoms with E-state index in [0.717, 1.165) is 69.1 Å². The molecule has 11 fully saturated rings. The van der Waals surface area contributed by atoms with Crippen molar-refractivity contribution in [3.05, 3.63) is 0 Å². The minimum atomic E-state index is -0.842. The largest absolute Gasteiger partial charge is 0.459 e. The van der Waals surface area contributed by atoms with Gasteiger partial charge in [0.15, 0.2) is 0 Å². The van der Waals surface area contributed by atoms with Crippen LogP contribution in [0.25, 0.3) is 0 Å². The average molecular weight is 958 g/mol. The highest BCUT2D eigenvalue weighted by Crippen LogP contribution is 2.65. The second-order valence-electron chi connectivity index (χ2n) is 23.2. The molecule has 67 heavy (non-hydrogen) atoms. The first-order valence-corrected chi connectivity index (χ1v) is 23.2. The van der Waals surface area contributed by atoms with Crippen LogP contribution in [0.1, 0.15) is 245 Å². The highest BCUT2D eigenvalue weighted by Gasteiger charge is 2.66. The number of hydrogen-bond acceptors (Lipinski definition) is 10. The SMILES string of the molecule is C.C.C.C.C.C.C.C.C.CCC(C)(C)C(=O)OC(C)(C)C12CC3CC(CC(C3)C1)C2.CCC(C)(C)C(=O)OC12CC3CC(O)(CC(O)(C3)C1)C2.CCC(C)C(=O)OC1C2CC3C(=O)OC1C3C2. The minimum absolute atomic E-state index is 0. The maximum Gasteiger partial charge on any atom is 0.312 e. The highest BCUT2D eigenvalue weighted by molar-refractivity contribution is 5.78. The van der Waals surface area contributed by atoms with E-state index < -0.39 is 22.2 Å². The van der Waals surface area contributed by atoms with Crippen molar-refractivity contribution in [1.82, 2.24) is 0 Å². The van der Waals surface area contributed by atoms with Gasteiger partial charge in [0.2, 0.25) is 0 Å². The van der Waals surface area contributed by atoms with Crippen molar-refractivity contribution in [3.8, 4) is 0 Å². The van der Waals surface area contributed by atoms with Gasteiger partial charge in [-0.15, -0.1) is 0 Å². The molecule has 10 bridgehead atoms. The summed E-state index contributed by atoms with van der Waals surface area (Å²) < 4.78 is 22.9. The lowest BCUT2D eigenvalue weighted by molar-refractivity contribution is -0.264. The van der Waals surface area contributed by atoms with Crippen LogP contribution in [0, 0.1) is 63.6 Å². The lowest BCUT2D eigenvalue weighted by Crippen LogP contribution is -2.67. The van der Waals surface area contributed by atoms with Crippen LogP contribution < -0.4 is 0 Å². The van der Waals surface area contributed by atoms with Gasteiger partial charge in [-0.1, -0.05) is 94.5 Å². The molecule has 10 aliphatic carbocycles. The van der Waals surface area contributed by atoms with E-state index in [1.807, 2.05) is 48.5 Å². The molecular weight excluding hydrogens is 845 g/mol. The third kappa shape index (κ3) is 13.0. The van der Waals surface area contributed by atoms with E-state index in [1.54, 1.807) is 0 Å². The van der Waals surface area contributed by atoms with E-state index in [2.05, 4.69) is 20.8 Å². The molecule has 0 aromatic rings. The average Bonchev–Trinajstić information content (AvgIpc) is 3.75. The number of fused-ring (bicyclic) bond motifs is 1. The number of rotatable bonds is 10. The predicted molar refractivity (Wildman–Crippen MR) is 278 cm³/mol. The summed E-state index contributed by atoms with van der Waals surface area (Å²) in [6, 6.07) is 0. The molecule has 0 aromatic carbocycles. The maximum atomic E-state index is 12.6. The Hall–Kier alpha value is -2.20. The fourth-order valence-corrected chi connectivity index (χ4v) is 13.8. The van der Waals surface area contributed by atoms with Gasteiger partial charge in [-0.3, -0.25) is 19.2 Å². The lowest BCUT2D eigenvalue weighted by atomic mass is 9.46. The smallest absolute Gasteiger partial charge is 0.312 e. The lowest BCUT2D eigenvalue weighted by Gasteiger charge is -2.62. The maximum absolute atomic E-state index is 12.6. The molecule has 8 atom stereocenters. The van der Waals surface area contributed by atoms with Crippen molar-refractivity contribution < 1.29 is 48.3 Å². The van der Waals surface area contributed by atoms with Crippen molar-refractivity contribution in [3.63, 3.8) is 0 Å². The summed E-state index contributed by atoms with van der Waals surface area (Å²) in [4.78, 5) is 48.3. The number of esters is 4. The first-order chi connectivity index (χ1) is 26.9. The Morgan fingerprint density at radius 3 is 1.55 bits per heavy atom. The van der Waals surface area contributed by atoms with E-state index in [1.165, 1.54) is 38.5 Å². The summed E-state index contributed by atoms with van der Waals surface area (Å²) in [5, 5.41) is 21.3. The zero-order valence-electron chi connectivity index (χ0n) is 37.5. The third-order valence-electron chi connectivity index (χ3n) is 17.5. The van der Waals surface area contributed by atoms with Gasteiger partial charge < -0.3 is 29.2 Å². The van der Waals surface area contributed by atoms with Crippen molar-refractivity contribution in [1.29, 1.82) is 0 Å². The van der Waals surface area contributed by atoms with E-state index in [0.29, 0.717) is 31.1 Å². The Kier molecular flexibility index (Phi) is 24.5. The molecule has 0 radical (unpaired) electrons. The summed E-state index contributed by atoms with van der Waals surface area (Å²) in [6.07, 6.45) is 15.7. The Bertz CT molecular complexity index is 1560. The second-order valence-corrected chi connectivity index (χ2v) is 23.2.